The van der Waals surface area contributed by atoms with Crippen molar-refractivity contribution in [2.24, 2.45) is 0 Å². The molecule has 0 N–H and O–H groups in total. The summed E-state index contributed by atoms with van der Waals surface area (Å²) in [5, 5.41) is 8.46. The predicted octanol–water partition coefficient (Wildman–Crippen LogP) is 7.06. The largest absolute Gasteiger partial charge is 0.416 e. The quantitative estimate of drug-likeness (QED) is 0.344. The molecule has 4 aromatic rings. The van der Waals surface area contributed by atoms with Gasteiger partial charge in [-0.15, -0.1) is 10.2 Å². The van der Waals surface area contributed by atoms with Gasteiger partial charge in [-0.2, -0.15) is 0 Å². The Balaban J connectivity index is 1.51. The third-order valence-electron chi connectivity index (χ3n) is 5.06. The van der Waals surface area contributed by atoms with Crippen LogP contribution in [-0.4, -0.2) is 10.2 Å². The van der Waals surface area contributed by atoms with E-state index in [1.807, 2.05) is 18.2 Å². The smallest absolute Gasteiger partial charge is 0.248 e. The molecule has 3 aromatic carbocycles. The lowest BCUT2D eigenvalue weighted by Crippen LogP contribution is -1.85. The molecular formula is C26H24N2O. The SMILES string of the molecule is C=Cc1ccc(-c2ccc(-c3nnc(-c4ccc(CCCC)cc4)o3)cc2)cc1. The van der Waals surface area contributed by atoms with Gasteiger partial charge in [0.15, 0.2) is 0 Å². The Kier molecular flexibility index (Phi) is 5.66. The van der Waals surface area contributed by atoms with Crippen LogP contribution in [-0.2, 0) is 6.42 Å². The van der Waals surface area contributed by atoms with Crippen LogP contribution in [0.25, 0.3) is 40.1 Å². The number of unbranched alkanes of at least 4 members (excludes halogenated alkanes) is 1. The van der Waals surface area contributed by atoms with Crippen LogP contribution in [0.1, 0.15) is 30.9 Å². The molecule has 0 saturated heterocycles. The van der Waals surface area contributed by atoms with Crippen molar-refractivity contribution in [3.05, 3.63) is 90.5 Å². The van der Waals surface area contributed by atoms with Crippen LogP contribution in [0.5, 0.6) is 0 Å². The van der Waals surface area contributed by atoms with Crippen molar-refractivity contribution in [1.82, 2.24) is 10.2 Å². The molecule has 29 heavy (non-hydrogen) atoms. The highest BCUT2D eigenvalue weighted by Crippen LogP contribution is 2.27. The summed E-state index contributed by atoms with van der Waals surface area (Å²) in [5.41, 5.74) is 6.62. The van der Waals surface area contributed by atoms with Gasteiger partial charge < -0.3 is 4.42 Å². The molecule has 0 radical (unpaired) electrons. The molecule has 0 aliphatic rings. The van der Waals surface area contributed by atoms with E-state index in [1.54, 1.807) is 0 Å². The number of hydrogen-bond donors (Lipinski definition) is 0. The Hall–Kier alpha value is -3.46. The lowest BCUT2D eigenvalue weighted by molar-refractivity contribution is 0.584. The van der Waals surface area contributed by atoms with Crippen molar-refractivity contribution in [2.45, 2.75) is 26.2 Å². The first-order chi connectivity index (χ1) is 14.3. The van der Waals surface area contributed by atoms with Crippen LogP contribution in [0.3, 0.4) is 0 Å². The molecule has 1 heterocycles. The van der Waals surface area contributed by atoms with E-state index in [0.717, 1.165) is 34.2 Å². The van der Waals surface area contributed by atoms with Crippen molar-refractivity contribution < 1.29 is 4.42 Å². The minimum Gasteiger partial charge on any atom is -0.416 e. The van der Waals surface area contributed by atoms with Crippen molar-refractivity contribution in [2.75, 3.05) is 0 Å². The Bertz CT molecular complexity index is 1080. The zero-order chi connectivity index (χ0) is 20.1. The third kappa shape index (κ3) is 4.35. The number of nitrogens with zero attached hydrogens (tertiary/aromatic N) is 2. The van der Waals surface area contributed by atoms with Crippen LogP contribution in [0, 0.1) is 0 Å². The Morgan fingerprint density at radius 2 is 1.21 bits per heavy atom. The normalized spacial score (nSPS) is 10.8. The van der Waals surface area contributed by atoms with E-state index in [9.17, 15) is 0 Å². The maximum Gasteiger partial charge on any atom is 0.248 e. The second kappa shape index (κ2) is 8.70. The van der Waals surface area contributed by atoms with Crippen LogP contribution >= 0.6 is 0 Å². The van der Waals surface area contributed by atoms with Gasteiger partial charge in [0.05, 0.1) is 0 Å². The average molecular weight is 380 g/mol. The summed E-state index contributed by atoms with van der Waals surface area (Å²) in [6, 6.07) is 24.9. The number of aromatic nitrogens is 2. The van der Waals surface area contributed by atoms with E-state index in [-0.39, 0.29) is 0 Å². The summed E-state index contributed by atoms with van der Waals surface area (Å²) in [5.74, 6) is 1.08. The molecule has 0 unspecified atom stereocenters. The minimum atomic E-state index is 0.531. The topological polar surface area (TPSA) is 38.9 Å². The molecule has 144 valence electrons. The van der Waals surface area contributed by atoms with Gasteiger partial charge in [-0.3, -0.25) is 0 Å². The van der Waals surface area contributed by atoms with Gasteiger partial charge in [0.1, 0.15) is 0 Å². The molecule has 0 aliphatic carbocycles. The Morgan fingerprint density at radius 1 is 0.724 bits per heavy atom. The number of hydrogen-bond acceptors (Lipinski definition) is 3. The van der Waals surface area contributed by atoms with Gasteiger partial charge in [-0.25, -0.2) is 0 Å². The van der Waals surface area contributed by atoms with E-state index >= 15 is 0 Å². The molecular weight excluding hydrogens is 356 g/mol. The van der Waals surface area contributed by atoms with E-state index in [4.69, 9.17) is 4.42 Å². The lowest BCUT2D eigenvalue weighted by atomic mass is 10.0. The van der Waals surface area contributed by atoms with Gasteiger partial charge in [0.2, 0.25) is 11.8 Å². The second-order valence-corrected chi connectivity index (χ2v) is 7.12. The standard InChI is InChI=1S/C26H24N2O/c1-3-5-6-20-9-13-23(14-10-20)25-27-28-26(29-25)24-17-15-22(16-18-24)21-11-7-19(4-2)8-12-21/h4,7-18H,2-3,5-6H2,1H3. The summed E-state index contributed by atoms with van der Waals surface area (Å²) in [7, 11) is 0. The zero-order valence-corrected chi connectivity index (χ0v) is 16.6. The lowest BCUT2D eigenvalue weighted by Gasteiger charge is -2.03. The monoisotopic (exact) mass is 380 g/mol. The van der Waals surface area contributed by atoms with Gasteiger partial charge in [0.25, 0.3) is 0 Å². The predicted molar refractivity (Wildman–Crippen MR) is 119 cm³/mol. The first-order valence-corrected chi connectivity index (χ1v) is 10.0. The van der Waals surface area contributed by atoms with Gasteiger partial charge in [0, 0.05) is 11.1 Å². The summed E-state index contributed by atoms with van der Waals surface area (Å²) in [6.07, 6.45) is 5.36. The van der Waals surface area contributed by atoms with Crippen LogP contribution in [0.2, 0.25) is 0 Å². The van der Waals surface area contributed by atoms with Crippen molar-refractivity contribution >= 4 is 6.08 Å². The van der Waals surface area contributed by atoms with Gasteiger partial charge >= 0.3 is 0 Å². The van der Waals surface area contributed by atoms with E-state index < -0.39 is 0 Å². The first kappa shape index (κ1) is 18.9. The molecule has 0 atom stereocenters. The minimum absolute atomic E-state index is 0.531. The van der Waals surface area contributed by atoms with Crippen LogP contribution in [0.4, 0.5) is 0 Å². The number of benzene rings is 3. The highest BCUT2D eigenvalue weighted by atomic mass is 16.4. The van der Waals surface area contributed by atoms with Gasteiger partial charge in [-0.1, -0.05) is 74.5 Å². The fourth-order valence-electron chi connectivity index (χ4n) is 3.27. The first-order valence-electron chi connectivity index (χ1n) is 10.0. The van der Waals surface area contributed by atoms with Crippen molar-refractivity contribution in [1.29, 1.82) is 0 Å². The summed E-state index contributed by atoms with van der Waals surface area (Å²) >= 11 is 0. The molecule has 0 saturated carbocycles. The fraction of sp³-hybridized carbons (Fsp3) is 0.154. The summed E-state index contributed by atoms with van der Waals surface area (Å²) < 4.78 is 5.92. The third-order valence-corrected chi connectivity index (χ3v) is 5.06. The van der Waals surface area contributed by atoms with Crippen molar-refractivity contribution in [3.8, 4) is 34.0 Å². The van der Waals surface area contributed by atoms with Gasteiger partial charge in [-0.05, 0) is 59.4 Å². The zero-order valence-electron chi connectivity index (χ0n) is 16.6. The molecule has 0 aliphatic heterocycles. The molecule has 0 spiro atoms. The molecule has 0 bridgehead atoms. The molecule has 3 heteroatoms. The summed E-state index contributed by atoms with van der Waals surface area (Å²) in [4.78, 5) is 0. The van der Waals surface area contributed by atoms with Crippen molar-refractivity contribution in [3.63, 3.8) is 0 Å². The van der Waals surface area contributed by atoms with E-state index in [1.165, 1.54) is 18.4 Å². The highest BCUT2D eigenvalue weighted by molar-refractivity contribution is 5.69. The Morgan fingerprint density at radius 3 is 1.72 bits per heavy atom. The van der Waals surface area contributed by atoms with E-state index in [2.05, 4.69) is 84.4 Å². The molecule has 0 fully saturated rings. The second-order valence-electron chi connectivity index (χ2n) is 7.12. The maximum atomic E-state index is 5.92. The summed E-state index contributed by atoms with van der Waals surface area (Å²) in [6.45, 7) is 6.00. The average Bonchev–Trinajstić information content (AvgIpc) is 3.28. The fourth-order valence-corrected chi connectivity index (χ4v) is 3.27. The Labute approximate surface area is 171 Å². The maximum absolute atomic E-state index is 5.92. The van der Waals surface area contributed by atoms with Crippen LogP contribution in [0.15, 0.2) is 83.8 Å². The van der Waals surface area contributed by atoms with Crippen LogP contribution < -0.4 is 0 Å². The molecule has 1 aromatic heterocycles. The molecule has 3 nitrogen and oxygen atoms in total. The molecule has 0 amide bonds. The van der Waals surface area contributed by atoms with E-state index in [0.29, 0.717) is 11.8 Å². The molecule has 4 rings (SSSR count). The number of aryl methyl sites for hydroxylation is 1. The number of rotatable bonds is 7. The highest BCUT2D eigenvalue weighted by Gasteiger charge is 2.11.